The average Bonchev–Trinajstić information content (AvgIpc) is 2.91. The summed E-state index contributed by atoms with van der Waals surface area (Å²) in [5, 5.41) is 15.4. The van der Waals surface area contributed by atoms with Crippen molar-refractivity contribution in [1.29, 1.82) is 0 Å². The van der Waals surface area contributed by atoms with Crippen LogP contribution in [0.25, 0.3) is 0 Å². The summed E-state index contributed by atoms with van der Waals surface area (Å²) >= 11 is 1.60. The van der Waals surface area contributed by atoms with Crippen LogP contribution in [0.5, 0.6) is 0 Å². The highest BCUT2D eigenvalue weighted by atomic mass is 32.1. The first-order chi connectivity index (χ1) is 8.75. The van der Waals surface area contributed by atoms with Crippen LogP contribution in [0.2, 0.25) is 0 Å². The minimum absolute atomic E-state index is 0.266. The van der Waals surface area contributed by atoms with E-state index >= 15 is 0 Å². The summed E-state index contributed by atoms with van der Waals surface area (Å²) in [5.41, 5.74) is 1.16. The minimum Gasteiger partial charge on any atom is -0.388 e. The molecule has 0 saturated heterocycles. The second-order valence-electron chi connectivity index (χ2n) is 4.41. The molecule has 0 fully saturated rings. The molecule has 0 spiro atoms. The lowest BCUT2D eigenvalue weighted by molar-refractivity contribution is 0.157. The van der Waals surface area contributed by atoms with Gasteiger partial charge >= 0.3 is 0 Å². The van der Waals surface area contributed by atoms with E-state index in [4.69, 9.17) is 0 Å². The number of hydrogen-bond acceptors (Lipinski definition) is 4. The molecule has 2 heterocycles. The summed E-state index contributed by atoms with van der Waals surface area (Å²) < 4.78 is 0. The van der Waals surface area contributed by atoms with E-state index in [1.54, 1.807) is 17.5 Å². The number of aliphatic hydroxyl groups is 1. The van der Waals surface area contributed by atoms with Gasteiger partial charge in [0.2, 0.25) is 0 Å². The molecule has 0 bridgehead atoms. The van der Waals surface area contributed by atoms with Gasteiger partial charge in [-0.05, 0) is 36.4 Å². The molecule has 0 aliphatic carbocycles. The maximum absolute atomic E-state index is 10.0. The molecule has 2 unspecified atom stereocenters. The molecule has 2 N–H and O–H groups in total. The molecule has 4 heteroatoms. The lowest BCUT2D eigenvalue weighted by atomic mass is 10.1. The zero-order chi connectivity index (χ0) is 12.8. The lowest BCUT2D eigenvalue weighted by Crippen LogP contribution is -2.27. The third-order valence-electron chi connectivity index (χ3n) is 2.83. The Bertz CT molecular complexity index is 444. The van der Waals surface area contributed by atoms with Gasteiger partial charge < -0.3 is 10.4 Å². The van der Waals surface area contributed by atoms with Gasteiger partial charge in [0.15, 0.2) is 0 Å². The van der Waals surface area contributed by atoms with Gasteiger partial charge in [0.05, 0.1) is 6.10 Å². The molecule has 2 atom stereocenters. The second kappa shape index (κ2) is 6.64. The normalized spacial score (nSPS) is 14.3. The van der Waals surface area contributed by atoms with Crippen LogP contribution in [0.1, 0.15) is 29.9 Å². The number of hydrogen-bond donors (Lipinski definition) is 2. The third-order valence-corrected chi connectivity index (χ3v) is 3.80. The van der Waals surface area contributed by atoms with Crippen molar-refractivity contribution in [3.63, 3.8) is 0 Å². The van der Waals surface area contributed by atoms with Crippen LogP contribution in [0, 0.1) is 0 Å². The van der Waals surface area contributed by atoms with Crippen molar-refractivity contribution in [2.75, 3.05) is 0 Å². The minimum atomic E-state index is -0.374. The molecule has 0 amide bonds. The number of pyridine rings is 1. The van der Waals surface area contributed by atoms with Crippen LogP contribution < -0.4 is 5.32 Å². The molecule has 0 radical (unpaired) electrons. The van der Waals surface area contributed by atoms with E-state index in [-0.39, 0.29) is 12.1 Å². The van der Waals surface area contributed by atoms with Crippen molar-refractivity contribution in [2.45, 2.75) is 32.0 Å². The van der Waals surface area contributed by atoms with E-state index in [0.29, 0.717) is 0 Å². The molecule has 3 nitrogen and oxygen atoms in total. The summed E-state index contributed by atoms with van der Waals surface area (Å²) in [4.78, 5) is 5.11. The third kappa shape index (κ3) is 3.91. The van der Waals surface area contributed by atoms with Crippen LogP contribution in [0.3, 0.4) is 0 Å². The molecule has 0 aliphatic rings. The topological polar surface area (TPSA) is 45.1 Å². The fraction of sp³-hybridized carbons (Fsp3) is 0.357. The van der Waals surface area contributed by atoms with Crippen LogP contribution in [0.4, 0.5) is 0 Å². The largest absolute Gasteiger partial charge is 0.388 e. The molecule has 96 valence electrons. The Kier molecular flexibility index (Phi) is 4.87. The highest BCUT2D eigenvalue weighted by Gasteiger charge is 2.12. The molecular weight excluding hydrogens is 244 g/mol. The first kappa shape index (κ1) is 13.2. The number of nitrogens with zero attached hydrogens (tertiary/aromatic N) is 1. The second-order valence-corrected chi connectivity index (χ2v) is 5.39. The Balaban J connectivity index is 1.77. The van der Waals surface area contributed by atoms with Gasteiger partial charge in [-0.15, -0.1) is 11.3 Å². The number of aromatic nitrogens is 1. The molecule has 0 aliphatic heterocycles. The monoisotopic (exact) mass is 262 g/mol. The van der Waals surface area contributed by atoms with Crippen molar-refractivity contribution >= 4 is 11.3 Å². The first-order valence-electron chi connectivity index (χ1n) is 6.09. The maximum Gasteiger partial charge on any atom is 0.0896 e. The van der Waals surface area contributed by atoms with Gasteiger partial charge in [-0.25, -0.2) is 0 Å². The summed E-state index contributed by atoms with van der Waals surface area (Å²) in [5.74, 6) is 0. The first-order valence-corrected chi connectivity index (χ1v) is 6.97. The lowest BCUT2D eigenvalue weighted by Gasteiger charge is -2.17. The highest BCUT2D eigenvalue weighted by Crippen LogP contribution is 2.22. The van der Waals surface area contributed by atoms with Crippen LogP contribution in [-0.2, 0) is 6.54 Å². The number of aliphatic hydroxyl groups excluding tert-OH is 1. The Hall–Kier alpha value is -1.23. The quantitative estimate of drug-likeness (QED) is 0.841. The van der Waals surface area contributed by atoms with E-state index in [9.17, 15) is 5.11 Å². The van der Waals surface area contributed by atoms with E-state index in [1.165, 1.54) is 0 Å². The Morgan fingerprint density at radius 2 is 2.28 bits per heavy atom. The van der Waals surface area contributed by atoms with Crippen molar-refractivity contribution in [2.24, 2.45) is 0 Å². The van der Waals surface area contributed by atoms with Gasteiger partial charge in [-0.2, -0.15) is 0 Å². The van der Waals surface area contributed by atoms with Gasteiger partial charge in [-0.1, -0.05) is 12.1 Å². The Morgan fingerprint density at radius 3 is 2.94 bits per heavy atom. The molecule has 18 heavy (non-hydrogen) atoms. The molecule has 0 saturated carbocycles. The van der Waals surface area contributed by atoms with Gasteiger partial charge in [0.1, 0.15) is 0 Å². The number of rotatable bonds is 6. The number of nitrogens with one attached hydrogen (secondary N) is 1. The zero-order valence-corrected chi connectivity index (χ0v) is 11.2. The molecule has 2 aromatic heterocycles. The predicted octanol–water partition coefficient (Wildman–Crippen LogP) is 2.74. The standard InChI is InChI=1S/C14H18N2OS/c1-11(8-13(17)14-5-3-7-18-14)16-10-12-4-2-6-15-9-12/h2-7,9,11,13,16-17H,8,10H2,1H3. The van der Waals surface area contributed by atoms with Crippen LogP contribution >= 0.6 is 11.3 Å². The van der Waals surface area contributed by atoms with Gasteiger partial charge in [0, 0.05) is 29.9 Å². The van der Waals surface area contributed by atoms with Crippen molar-refractivity contribution in [3.05, 3.63) is 52.5 Å². The fourth-order valence-electron chi connectivity index (χ4n) is 1.81. The molecular formula is C14H18N2OS. The maximum atomic E-state index is 10.0. The summed E-state index contributed by atoms with van der Waals surface area (Å²) in [6, 6.07) is 8.19. The SMILES string of the molecule is CC(CC(O)c1cccs1)NCc1cccnc1. The zero-order valence-electron chi connectivity index (χ0n) is 10.4. The Morgan fingerprint density at radius 1 is 1.39 bits per heavy atom. The number of thiophene rings is 1. The predicted molar refractivity (Wildman–Crippen MR) is 74.4 cm³/mol. The summed E-state index contributed by atoms with van der Waals surface area (Å²) in [6.07, 6.45) is 3.98. The van der Waals surface area contributed by atoms with Gasteiger partial charge in [-0.3, -0.25) is 4.98 Å². The van der Waals surface area contributed by atoms with Crippen molar-refractivity contribution in [1.82, 2.24) is 10.3 Å². The van der Waals surface area contributed by atoms with Crippen molar-refractivity contribution < 1.29 is 5.11 Å². The van der Waals surface area contributed by atoms with Crippen LogP contribution in [0.15, 0.2) is 42.0 Å². The summed E-state index contributed by atoms with van der Waals surface area (Å²) in [6.45, 7) is 2.87. The average molecular weight is 262 g/mol. The van der Waals surface area contributed by atoms with Crippen LogP contribution in [-0.4, -0.2) is 16.1 Å². The smallest absolute Gasteiger partial charge is 0.0896 e. The van der Waals surface area contributed by atoms with E-state index in [1.807, 2.05) is 35.8 Å². The van der Waals surface area contributed by atoms with Crippen molar-refractivity contribution in [3.8, 4) is 0 Å². The van der Waals surface area contributed by atoms with E-state index in [2.05, 4.69) is 17.2 Å². The Labute approximate surface area is 112 Å². The van der Waals surface area contributed by atoms with E-state index < -0.39 is 0 Å². The van der Waals surface area contributed by atoms with E-state index in [0.717, 1.165) is 23.4 Å². The fourth-order valence-corrected chi connectivity index (χ4v) is 2.53. The molecule has 2 aromatic rings. The molecule has 0 aromatic carbocycles. The summed E-state index contributed by atoms with van der Waals surface area (Å²) in [7, 11) is 0. The highest BCUT2D eigenvalue weighted by molar-refractivity contribution is 7.10. The molecule has 2 rings (SSSR count). The van der Waals surface area contributed by atoms with Gasteiger partial charge in [0.25, 0.3) is 0 Å².